The first-order valence-electron chi connectivity index (χ1n) is 8.73. The van der Waals surface area contributed by atoms with Crippen LogP contribution < -0.4 is 14.4 Å². The number of nitrogens with zero attached hydrogens (tertiary/aromatic N) is 4. The average Bonchev–Trinajstić information content (AvgIpc) is 3.25. The van der Waals surface area contributed by atoms with Gasteiger partial charge in [0.1, 0.15) is 15.6 Å². The Morgan fingerprint density at radius 2 is 2.00 bits per heavy atom. The van der Waals surface area contributed by atoms with Gasteiger partial charge in [-0.1, -0.05) is 11.8 Å². The van der Waals surface area contributed by atoms with E-state index >= 15 is 0 Å². The van der Waals surface area contributed by atoms with Crippen molar-refractivity contribution in [2.24, 2.45) is 0 Å². The molecule has 0 radical (unpaired) electrons. The van der Waals surface area contributed by atoms with Crippen LogP contribution in [-0.2, 0) is 6.42 Å². The molecule has 6 nitrogen and oxygen atoms in total. The van der Waals surface area contributed by atoms with Crippen molar-refractivity contribution in [1.29, 1.82) is 5.26 Å². The van der Waals surface area contributed by atoms with E-state index in [0.29, 0.717) is 18.0 Å². The Labute approximate surface area is 157 Å². The minimum Gasteiger partial charge on any atom is -0.454 e. The zero-order chi connectivity index (χ0) is 18.3. The maximum atomic E-state index is 9.57. The fraction of sp³-hybridized carbons (Fsp3) is 0.421. The Bertz CT molecular complexity index is 907. The SMILES string of the molecule is CCN(CC)c1nc(-c2ccc3c(c2)OCO3)nc2c1CC(C)(C#N)S2. The molecule has 1 atom stereocenters. The Kier molecular flexibility index (Phi) is 4.16. The lowest BCUT2D eigenvalue weighted by Crippen LogP contribution is -2.25. The summed E-state index contributed by atoms with van der Waals surface area (Å²) in [5.41, 5.74) is 1.96. The molecule has 0 saturated heterocycles. The van der Waals surface area contributed by atoms with Gasteiger partial charge in [0, 0.05) is 30.6 Å². The first kappa shape index (κ1) is 17.0. The van der Waals surface area contributed by atoms with Crippen molar-refractivity contribution in [3.63, 3.8) is 0 Å². The molecule has 0 spiro atoms. The molecule has 3 heterocycles. The Morgan fingerprint density at radius 1 is 1.23 bits per heavy atom. The predicted molar refractivity (Wildman–Crippen MR) is 101 cm³/mol. The number of anilines is 1. The van der Waals surface area contributed by atoms with E-state index in [1.807, 2.05) is 25.1 Å². The predicted octanol–water partition coefficient (Wildman–Crippen LogP) is 3.65. The van der Waals surface area contributed by atoms with Crippen LogP contribution in [0.1, 0.15) is 26.3 Å². The van der Waals surface area contributed by atoms with Crippen molar-refractivity contribution in [3.05, 3.63) is 23.8 Å². The summed E-state index contributed by atoms with van der Waals surface area (Å²) in [6.45, 7) is 8.15. The van der Waals surface area contributed by atoms with Crippen LogP contribution in [0.3, 0.4) is 0 Å². The lowest BCUT2D eigenvalue weighted by atomic mass is 10.0. The number of benzene rings is 1. The number of fused-ring (bicyclic) bond motifs is 2. The molecule has 0 fully saturated rings. The number of aromatic nitrogens is 2. The lowest BCUT2D eigenvalue weighted by Gasteiger charge is -2.23. The van der Waals surface area contributed by atoms with E-state index in [1.54, 1.807) is 0 Å². The Hall–Kier alpha value is -2.46. The second-order valence-electron chi connectivity index (χ2n) is 6.52. The van der Waals surface area contributed by atoms with Gasteiger partial charge >= 0.3 is 0 Å². The lowest BCUT2D eigenvalue weighted by molar-refractivity contribution is 0.174. The number of hydrogen-bond acceptors (Lipinski definition) is 7. The topological polar surface area (TPSA) is 71.3 Å². The maximum absolute atomic E-state index is 9.57. The highest BCUT2D eigenvalue weighted by molar-refractivity contribution is 8.01. The van der Waals surface area contributed by atoms with Crippen LogP contribution in [0.2, 0.25) is 0 Å². The normalized spacial score (nSPS) is 19.9. The van der Waals surface area contributed by atoms with E-state index in [0.717, 1.165) is 40.8 Å². The standard InChI is InChI=1S/C19H20N4O2S/c1-4-23(5-2)17-13-9-19(3,10-20)26-18(13)22-16(21-17)12-6-7-14-15(8-12)25-11-24-14/h6-8H,4-5,9,11H2,1-3H3. The number of hydrogen-bond donors (Lipinski definition) is 0. The van der Waals surface area contributed by atoms with Gasteiger partial charge in [-0.15, -0.1) is 0 Å². The Balaban J connectivity index is 1.84. The molecule has 0 amide bonds. The Morgan fingerprint density at radius 3 is 2.73 bits per heavy atom. The molecule has 26 heavy (non-hydrogen) atoms. The summed E-state index contributed by atoms with van der Waals surface area (Å²) in [4.78, 5) is 11.9. The molecule has 2 aliphatic heterocycles. The second-order valence-corrected chi connectivity index (χ2v) is 8.01. The largest absolute Gasteiger partial charge is 0.454 e. The van der Waals surface area contributed by atoms with Gasteiger partial charge in [-0.3, -0.25) is 0 Å². The smallest absolute Gasteiger partial charge is 0.231 e. The van der Waals surface area contributed by atoms with Gasteiger partial charge in [0.05, 0.1) is 6.07 Å². The van der Waals surface area contributed by atoms with Gasteiger partial charge in [-0.05, 0) is 39.0 Å². The van der Waals surface area contributed by atoms with Crippen LogP contribution in [0.25, 0.3) is 11.4 Å². The summed E-state index contributed by atoms with van der Waals surface area (Å²) in [5.74, 6) is 3.04. The van der Waals surface area contributed by atoms with Gasteiger partial charge in [-0.2, -0.15) is 5.26 Å². The first-order chi connectivity index (χ1) is 12.6. The van der Waals surface area contributed by atoms with Crippen molar-refractivity contribution >= 4 is 17.6 Å². The van der Waals surface area contributed by atoms with Crippen molar-refractivity contribution < 1.29 is 9.47 Å². The third kappa shape index (κ3) is 2.74. The third-order valence-corrected chi connectivity index (χ3v) is 5.93. The maximum Gasteiger partial charge on any atom is 0.231 e. The average molecular weight is 368 g/mol. The van der Waals surface area contributed by atoms with E-state index < -0.39 is 4.75 Å². The molecule has 7 heteroatoms. The van der Waals surface area contributed by atoms with Gasteiger partial charge in [-0.25, -0.2) is 9.97 Å². The molecular formula is C19H20N4O2S. The van der Waals surface area contributed by atoms with Crippen molar-refractivity contribution in [2.45, 2.75) is 37.0 Å². The van der Waals surface area contributed by atoms with Crippen LogP contribution in [0, 0.1) is 11.3 Å². The van der Waals surface area contributed by atoms with Crippen LogP contribution in [0.4, 0.5) is 5.82 Å². The van der Waals surface area contributed by atoms with Crippen LogP contribution in [0.15, 0.2) is 23.2 Å². The monoisotopic (exact) mass is 368 g/mol. The summed E-state index contributed by atoms with van der Waals surface area (Å²) < 4.78 is 10.4. The van der Waals surface area contributed by atoms with E-state index in [1.165, 1.54) is 11.8 Å². The molecule has 134 valence electrons. The molecule has 2 aromatic rings. The van der Waals surface area contributed by atoms with E-state index in [9.17, 15) is 5.26 Å². The van der Waals surface area contributed by atoms with Gasteiger partial charge < -0.3 is 14.4 Å². The van der Waals surface area contributed by atoms with Crippen LogP contribution >= 0.6 is 11.8 Å². The molecule has 2 aliphatic rings. The molecule has 0 saturated carbocycles. The molecule has 1 unspecified atom stereocenters. The quantitative estimate of drug-likeness (QED) is 0.763. The summed E-state index contributed by atoms with van der Waals surface area (Å²) >= 11 is 1.53. The molecule has 4 rings (SSSR count). The zero-order valence-corrected chi connectivity index (χ0v) is 15.9. The number of nitriles is 1. The van der Waals surface area contributed by atoms with Crippen molar-refractivity contribution in [2.75, 3.05) is 24.8 Å². The zero-order valence-electron chi connectivity index (χ0n) is 15.1. The second kappa shape index (κ2) is 6.36. The van der Waals surface area contributed by atoms with E-state index in [2.05, 4.69) is 24.8 Å². The first-order valence-corrected chi connectivity index (χ1v) is 9.54. The highest BCUT2D eigenvalue weighted by Crippen LogP contribution is 2.47. The summed E-state index contributed by atoms with van der Waals surface area (Å²) in [5, 5.41) is 10.5. The fourth-order valence-electron chi connectivity index (χ4n) is 3.29. The molecule has 1 aromatic heterocycles. The van der Waals surface area contributed by atoms with Crippen molar-refractivity contribution in [1.82, 2.24) is 9.97 Å². The van der Waals surface area contributed by atoms with E-state index in [4.69, 9.17) is 19.4 Å². The van der Waals surface area contributed by atoms with Gasteiger partial charge in [0.15, 0.2) is 17.3 Å². The number of ether oxygens (including phenoxy) is 2. The molecule has 0 bridgehead atoms. The minimum absolute atomic E-state index is 0.241. The molecule has 1 aromatic carbocycles. The molecule has 0 aliphatic carbocycles. The van der Waals surface area contributed by atoms with Crippen LogP contribution in [0.5, 0.6) is 11.5 Å². The minimum atomic E-state index is -0.494. The molecular weight excluding hydrogens is 348 g/mol. The van der Waals surface area contributed by atoms with Gasteiger partial charge in [0.2, 0.25) is 6.79 Å². The van der Waals surface area contributed by atoms with Gasteiger partial charge in [0.25, 0.3) is 0 Å². The summed E-state index contributed by atoms with van der Waals surface area (Å²) in [7, 11) is 0. The molecule has 0 N–H and O–H groups in total. The van der Waals surface area contributed by atoms with E-state index in [-0.39, 0.29) is 6.79 Å². The van der Waals surface area contributed by atoms with Crippen LogP contribution in [-0.4, -0.2) is 34.6 Å². The van der Waals surface area contributed by atoms with Crippen molar-refractivity contribution in [3.8, 4) is 29.0 Å². The summed E-state index contributed by atoms with van der Waals surface area (Å²) in [6.07, 6.45) is 0.663. The highest BCUT2D eigenvalue weighted by Gasteiger charge is 2.38. The summed E-state index contributed by atoms with van der Waals surface area (Å²) in [6, 6.07) is 8.17. The number of rotatable bonds is 4. The fourth-order valence-corrected chi connectivity index (χ4v) is 4.40. The third-order valence-electron chi connectivity index (χ3n) is 4.71. The highest BCUT2D eigenvalue weighted by atomic mass is 32.2. The number of thioether (sulfide) groups is 1.